The van der Waals surface area contributed by atoms with E-state index in [4.69, 9.17) is 23.2 Å². The molecular weight excluding hydrogens is 527 g/mol. The smallest absolute Gasteiger partial charge is 0.264 e. The normalized spacial score (nSPS) is 22.3. The molecule has 0 N–H and O–H groups in total. The molecule has 1 saturated heterocycles. The van der Waals surface area contributed by atoms with Gasteiger partial charge in [0.25, 0.3) is 17.7 Å². The zero-order valence-electron chi connectivity index (χ0n) is 19.8. The lowest BCUT2D eigenvalue weighted by atomic mass is 9.98. The summed E-state index contributed by atoms with van der Waals surface area (Å²) < 4.78 is 0. The number of hydrogen-bond donors (Lipinski definition) is 0. The molecule has 6 rings (SSSR count). The summed E-state index contributed by atoms with van der Waals surface area (Å²) >= 11 is 12.2. The molecule has 3 aromatic rings. The summed E-state index contributed by atoms with van der Waals surface area (Å²) in [7, 11) is 0. The van der Waals surface area contributed by atoms with Crippen molar-refractivity contribution in [3.8, 4) is 0 Å². The van der Waals surface area contributed by atoms with E-state index in [0.29, 0.717) is 11.4 Å². The van der Waals surface area contributed by atoms with E-state index in [1.165, 1.54) is 22.2 Å². The minimum absolute atomic E-state index is 0.157. The Labute approximate surface area is 227 Å². The summed E-state index contributed by atoms with van der Waals surface area (Å²) in [4.78, 5) is 41.0. The van der Waals surface area contributed by atoms with Gasteiger partial charge in [0, 0.05) is 11.4 Å². The van der Waals surface area contributed by atoms with E-state index in [1.54, 1.807) is 6.07 Å². The number of rotatable bonds is 5. The Morgan fingerprint density at radius 3 is 2.34 bits per heavy atom. The highest BCUT2D eigenvalue weighted by Gasteiger charge is 2.55. The summed E-state index contributed by atoms with van der Waals surface area (Å²) in [5, 5.41) is 15.9. The maximum atomic E-state index is 13.6. The first-order valence-corrected chi connectivity index (χ1v) is 12.7. The number of benzene rings is 3. The fraction of sp³-hybridized carbons (Fsp3) is 0.185. The average Bonchev–Trinajstić information content (AvgIpc) is 3.61. The highest BCUT2D eigenvalue weighted by molar-refractivity contribution is 6.38. The quantitative estimate of drug-likeness (QED) is 0.434. The molecule has 0 aliphatic carbocycles. The molecule has 3 aliphatic heterocycles. The van der Waals surface area contributed by atoms with E-state index in [9.17, 15) is 14.4 Å². The lowest BCUT2D eigenvalue weighted by Crippen LogP contribution is -2.44. The topological polar surface area (TPSA) is 98.0 Å². The molecule has 38 heavy (non-hydrogen) atoms. The molecule has 0 unspecified atom stereocenters. The van der Waals surface area contributed by atoms with Crippen LogP contribution >= 0.6 is 23.2 Å². The second kappa shape index (κ2) is 9.66. The standard InChI is InChI=1S/C27H20Cl2N6O3/c28-18-11-12-21(19(29)13-18)34-26(37)24-25(27(34)38)33(32-30-24)15-23(36)35-22(17-9-5-2-6-10-17)14-20(31-35)16-7-3-1-4-8-16/h1-13,22,24-25H,14-15H2/t22-,24-,25-/m0/s1. The third kappa shape index (κ3) is 4.13. The Morgan fingerprint density at radius 1 is 0.921 bits per heavy atom. The number of carbonyl (C=O) groups is 3. The molecule has 0 aromatic heterocycles. The van der Waals surface area contributed by atoms with Crippen molar-refractivity contribution in [2.24, 2.45) is 15.4 Å². The summed E-state index contributed by atoms with van der Waals surface area (Å²) in [6, 6.07) is 21.4. The number of anilines is 1. The van der Waals surface area contributed by atoms with Crippen LogP contribution in [0.25, 0.3) is 0 Å². The van der Waals surface area contributed by atoms with Crippen molar-refractivity contribution in [2.45, 2.75) is 24.5 Å². The summed E-state index contributed by atoms with van der Waals surface area (Å²) in [6.45, 7) is -0.277. The van der Waals surface area contributed by atoms with Crippen molar-refractivity contribution < 1.29 is 14.4 Å². The van der Waals surface area contributed by atoms with Crippen molar-refractivity contribution in [3.63, 3.8) is 0 Å². The molecule has 3 heterocycles. The van der Waals surface area contributed by atoms with Gasteiger partial charge < -0.3 is 0 Å². The van der Waals surface area contributed by atoms with Crippen molar-refractivity contribution in [3.05, 3.63) is 100 Å². The van der Waals surface area contributed by atoms with Crippen LogP contribution in [-0.4, -0.2) is 52.1 Å². The van der Waals surface area contributed by atoms with Crippen molar-refractivity contribution >= 4 is 52.3 Å². The van der Waals surface area contributed by atoms with Crippen molar-refractivity contribution in [1.29, 1.82) is 0 Å². The van der Waals surface area contributed by atoms with E-state index in [1.807, 2.05) is 60.7 Å². The summed E-state index contributed by atoms with van der Waals surface area (Å²) in [5.41, 5.74) is 2.86. The van der Waals surface area contributed by atoms with Gasteiger partial charge in [0.2, 0.25) is 0 Å². The largest absolute Gasteiger partial charge is 0.271 e. The minimum atomic E-state index is -1.06. The van der Waals surface area contributed by atoms with E-state index in [-0.39, 0.29) is 29.2 Å². The number of carbonyl (C=O) groups excluding carboxylic acids is 3. The van der Waals surface area contributed by atoms with Crippen LogP contribution in [0.1, 0.15) is 23.6 Å². The Hall–Kier alpha value is -4.08. The van der Waals surface area contributed by atoms with Gasteiger partial charge in [-0.15, -0.1) is 0 Å². The van der Waals surface area contributed by atoms with Crippen LogP contribution in [0, 0.1) is 0 Å². The van der Waals surface area contributed by atoms with Crippen molar-refractivity contribution in [2.75, 3.05) is 11.4 Å². The van der Waals surface area contributed by atoms with Crippen LogP contribution in [0.15, 0.2) is 94.3 Å². The molecule has 3 aromatic carbocycles. The molecule has 0 saturated carbocycles. The SMILES string of the molecule is O=C1[C@H]2N=NN(CC(=O)N3N=C(c4ccccc4)C[C@H]3c3ccccc3)[C@@H]2C(=O)N1c1ccc(Cl)cc1Cl. The lowest BCUT2D eigenvalue weighted by Gasteiger charge is -2.25. The molecule has 0 spiro atoms. The molecule has 3 amide bonds. The van der Waals surface area contributed by atoms with Gasteiger partial charge in [-0.2, -0.15) is 10.2 Å². The maximum absolute atomic E-state index is 13.6. The molecule has 3 atom stereocenters. The molecule has 0 radical (unpaired) electrons. The number of hydrogen-bond acceptors (Lipinski definition) is 7. The molecule has 190 valence electrons. The van der Waals surface area contributed by atoms with Crippen molar-refractivity contribution in [1.82, 2.24) is 10.0 Å². The Balaban J connectivity index is 1.26. The Kier molecular flexibility index (Phi) is 6.17. The van der Waals surface area contributed by atoms with Gasteiger partial charge >= 0.3 is 0 Å². The maximum Gasteiger partial charge on any atom is 0.264 e. The third-order valence-electron chi connectivity index (χ3n) is 6.76. The van der Waals surface area contributed by atoms with Gasteiger partial charge in [0.15, 0.2) is 12.1 Å². The monoisotopic (exact) mass is 546 g/mol. The fourth-order valence-corrected chi connectivity index (χ4v) is 5.44. The molecule has 9 nitrogen and oxygen atoms in total. The minimum Gasteiger partial charge on any atom is -0.271 e. The van der Waals surface area contributed by atoms with Crippen LogP contribution in [0.3, 0.4) is 0 Å². The molecular formula is C27H20Cl2N6O3. The zero-order chi connectivity index (χ0) is 26.4. The lowest BCUT2D eigenvalue weighted by molar-refractivity contribution is -0.135. The van der Waals surface area contributed by atoms with Gasteiger partial charge in [0.1, 0.15) is 6.54 Å². The van der Waals surface area contributed by atoms with Crippen LogP contribution < -0.4 is 4.90 Å². The van der Waals surface area contributed by atoms with Gasteiger partial charge in [-0.1, -0.05) is 89.1 Å². The second-order valence-electron chi connectivity index (χ2n) is 9.08. The highest BCUT2D eigenvalue weighted by Crippen LogP contribution is 2.37. The first-order chi connectivity index (χ1) is 18.4. The number of imide groups is 1. The Morgan fingerprint density at radius 2 is 1.63 bits per heavy atom. The van der Waals surface area contributed by atoms with Gasteiger partial charge in [0.05, 0.1) is 22.5 Å². The molecule has 1 fully saturated rings. The summed E-state index contributed by atoms with van der Waals surface area (Å²) in [5.74, 6) is -1.49. The Bertz CT molecular complexity index is 1500. The number of hydrazone groups is 1. The van der Waals surface area contributed by atoms with E-state index in [0.717, 1.165) is 21.7 Å². The first kappa shape index (κ1) is 24.3. The van der Waals surface area contributed by atoms with E-state index < -0.39 is 23.9 Å². The number of amides is 3. The van der Waals surface area contributed by atoms with Crippen LogP contribution in [0.5, 0.6) is 0 Å². The molecule has 3 aliphatic rings. The number of halogens is 2. The van der Waals surface area contributed by atoms with E-state index >= 15 is 0 Å². The van der Waals surface area contributed by atoms with Gasteiger partial charge in [-0.3, -0.25) is 19.4 Å². The summed E-state index contributed by atoms with van der Waals surface area (Å²) in [6.07, 6.45) is 0.535. The molecule has 0 bridgehead atoms. The van der Waals surface area contributed by atoms with E-state index in [2.05, 4.69) is 15.4 Å². The number of fused-ring (bicyclic) bond motifs is 1. The fourth-order valence-electron chi connectivity index (χ4n) is 4.95. The highest BCUT2D eigenvalue weighted by atomic mass is 35.5. The second-order valence-corrected chi connectivity index (χ2v) is 9.93. The average molecular weight is 547 g/mol. The predicted octanol–water partition coefficient (Wildman–Crippen LogP) is 4.66. The van der Waals surface area contributed by atoms with Crippen LogP contribution in [0.2, 0.25) is 10.0 Å². The number of nitrogens with zero attached hydrogens (tertiary/aromatic N) is 6. The molecule has 11 heteroatoms. The third-order valence-corrected chi connectivity index (χ3v) is 7.30. The first-order valence-electron chi connectivity index (χ1n) is 11.9. The predicted molar refractivity (Wildman–Crippen MR) is 142 cm³/mol. The van der Waals surface area contributed by atoms with Crippen LogP contribution in [-0.2, 0) is 14.4 Å². The van der Waals surface area contributed by atoms with Gasteiger partial charge in [-0.25, -0.2) is 9.91 Å². The van der Waals surface area contributed by atoms with Gasteiger partial charge in [-0.05, 0) is 29.3 Å². The van der Waals surface area contributed by atoms with Crippen LogP contribution in [0.4, 0.5) is 5.69 Å². The zero-order valence-corrected chi connectivity index (χ0v) is 21.3.